The largest absolute Gasteiger partial charge is 0.313 e. The molecule has 0 saturated heterocycles. The summed E-state index contributed by atoms with van der Waals surface area (Å²) >= 11 is 12.1. The molecule has 0 spiro atoms. The third-order valence-corrected chi connectivity index (χ3v) is 3.22. The molecule has 0 aliphatic rings. The first-order valence-corrected chi connectivity index (χ1v) is 6.04. The predicted octanol–water partition coefficient (Wildman–Crippen LogP) is 3.46. The molecular formula is C12H13Cl2N3. The lowest BCUT2D eigenvalue weighted by atomic mass is 10.1. The number of nitrogens with zero attached hydrogens (tertiary/aromatic N) is 2. The molecule has 0 radical (unpaired) electrons. The third kappa shape index (κ3) is 2.63. The number of hydrogen-bond donors (Lipinski definition) is 1. The zero-order valence-electron chi connectivity index (χ0n) is 9.61. The lowest BCUT2D eigenvalue weighted by Gasteiger charge is -2.13. The minimum Gasteiger partial charge on any atom is -0.313 e. The molecule has 17 heavy (non-hydrogen) atoms. The monoisotopic (exact) mass is 269 g/mol. The molecule has 0 saturated carbocycles. The molecule has 0 amide bonds. The van der Waals surface area contributed by atoms with Crippen molar-refractivity contribution in [2.75, 3.05) is 7.05 Å². The number of hydrogen-bond acceptors (Lipinski definition) is 2. The molecule has 5 heteroatoms. The van der Waals surface area contributed by atoms with Crippen LogP contribution < -0.4 is 5.32 Å². The molecule has 1 aromatic carbocycles. The Labute approximate surface area is 110 Å². The number of benzene rings is 1. The summed E-state index contributed by atoms with van der Waals surface area (Å²) in [4.78, 5) is 0. The maximum Gasteiger partial charge on any atom is 0.0790 e. The zero-order chi connectivity index (χ0) is 12.4. The molecule has 1 atom stereocenters. The quantitative estimate of drug-likeness (QED) is 0.925. The third-order valence-electron chi connectivity index (χ3n) is 2.70. The molecule has 0 bridgehead atoms. The van der Waals surface area contributed by atoms with Crippen LogP contribution in [0.2, 0.25) is 10.0 Å². The maximum absolute atomic E-state index is 6.25. The molecule has 0 aliphatic heterocycles. The van der Waals surface area contributed by atoms with E-state index in [-0.39, 0.29) is 6.04 Å². The van der Waals surface area contributed by atoms with Crippen LogP contribution in [0.1, 0.15) is 18.5 Å². The number of nitrogens with one attached hydrogen (secondary N) is 1. The highest BCUT2D eigenvalue weighted by atomic mass is 35.5. The van der Waals surface area contributed by atoms with E-state index in [1.807, 2.05) is 25.2 Å². The van der Waals surface area contributed by atoms with Crippen LogP contribution in [0.3, 0.4) is 0 Å². The van der Waals surface area contributed by atoms with Crippen molar-refractivity contribution in [2.45, 2.75) is 13.0 Å². The van der Waals surface area contributed by atoms with E-state index in [1.165, 1.54) is 0 Å². The van der Waals surface area contributed by atoms with Crippen LogP contribution in [0, 0.1) is 0 Å². The highest BCUT2D eigenvalue weighted by molar-refractivity contribution is 6.31. The second-order valence-corrected chi connectivity index (χ2v) is 4.66. The summed E-state index contributed by atoms with van der Waals surface area (Å²) in [6.07, 6.45) is 3.34. The number of halogens is 2. The van der Waals surface area contributed by atoms with Crippen molar-refractivity contribution >= 4 is 23.2 Å². The van der Waals surface area contributed by atoms with Gasteiger partial charge in [-0.25, -0.2) is 4.68 Å². The highest BCUT2D eigenvalue weighted by Gasteiger charge is 2.09. The van der Waals surface area contributed by atoms with Gasteiger partial charge in [-0.2, -0.15) is 5.10 Å². The summed E-state index contributed by atoms with van der Waals surface area (Å²) in [7, 11) is 1.90. The smallest absolute Gasteiger partial charge is 0.0790 e. The van der Waals surface area contributed by atoms with Crippen LogP contribution >= 0.6 is 23.2 Å². The molecule has 1 N–H and O–H groups in total. The van der Waals surface area contributed by atoms with Gasteiger partial charge in [0.15, 0.2) is 0 Å². The molecule has 0 fully saturated rings. The first-order chi connectivity index (χ1) is 8.11. The van der Waals surface area contributed by atoms with E-state index in [0.717, 1.165) is 16.3 Å². The SMILES string of the molecule is CNC(C)c1ccc(-n2cc(Cl)cn2)cc1Cl. The fourth-order valence-electron chi connectivity index (χ4n) is 1.61. The van der Waals surface area contributed by atoms with Crippen molar-refractivity contribution in [3.8, 4) is 5.69 Å². The Hall–Kier alpha value is -1.03. The minimum absolute atomic E-state index is 0.220. The Morgan fingerprint density at radius 2 is 2.12 bits per heavy atom. The Morgan fingerprint density at radius 1 is 1.35 bits per heavy atom. The van der Waals surface area contributed by atoms with E-state index in [0.29, 0.717) is 5.02 Å². The first kappa shape index (κ1) is 12.4. The maximum atomic E-state index is 6.25. The fraction of sp³-hybridized carbons (Fsp3) is 0.250. The van der Waals surface area contributed by atoms with Gasteiger partial charge in [-0.3, -0.25) is 0 Å². The van der Waals surface area contributed by atoms with E-state index in [2.05, 4.69) is 17.3 Å². The predicted molar refractivity (Wildman–Crippen MR) is 71.1 cm³/mol. The molecule has 1 unspecified atom stereocenters. The molecule has 2 aromatic rings. The number of aromatic nitrogens is 2. The molecule has 1 aromatic heterocycles. The van der Waals surface area contributed by atoms with Crippen LogP contribution in [0.5, 0.6) is 0 Å². The molecule has 1 heterocycles. The van der Waals surface area contributed by atoms with E-state index >= 15 is 0 Å². The van der Waals surface area contributed by atoms with Crippen LogP contribution in [-0.2, 0) is 0 Å². The summed E-state index contributed by atoms with van der Waals surface area (Å²) in [6, 6.07) is 6.07. The topological polar surface area (TPSA) is 29.9 Å². The minimum atomic E-state index is 0.220. The summed E-state index contributed by atoms with van der Waals surface area (Å²) in [5, 5.41) is 8.61. The van der Waals surface area contributed by atoms with Crippen LogP contribution in [0.25, 0.3) is 5.69 Å². The van der Waals surface area contributed by atoms with Gasteiger partial charge in [0, 0.05) is 17.3 Å². The number of rotatable bonds is 3. The second-order valence-electron chi connectivity index (χ2n) is 3.82. The fourth-order valence-corrected chi connectivity index (χ4v) is 2.08. The molecule has 0 aliphatic carbocycles. The van der Waals surface area contributed by atoms with Gasteiger partial charge in [-0.1, -0.05) is 29.3 Å². The van der Waals surface area contributed by atoms with Crippen LogP contribution in [-0.4, -0.2) is 16.8 Å². The second kappa shape index (κ2) is 5.08. The zero-order valence-corrected chi connectivity index (χ0v) is 11.1. The first-order valence-electron chi connectivity index (χ1n) is 5.29. The average Bonchev–Trinajstić information content (AvgIpc) is 2.75. The van der Waals surface area contributed by atoms with Gasteiger partial charge in [0.1, 0.15) is 0 Å². The Bertz CT molecular complexity index is 522. The van der Waals surface area contributed by atoms with Gasteiger partial charge in [0.05, 0.1) is 16.9 Å². The van der Waals surface area contributed by atoms with Gasteiger partial charge >= 0.3 is 0 Å². The van der Waals surface area contributed by atoms with Crippen molar-refractivity contribution in [1.82, 2.24) is 15.1 Å². The van der Waals surface area contributed by atoms with Crippen molar-refractivity contribution in [1.29, 1.82) is 0 Å². The summed E-state index contributed by atoms with van der Waals surface area (Å²) in [5.74, 6) is 0. The van der Waals surface area contributed by atoms with Crippen molar-refractivity contribution in [3.63, 3.8) is 0 Å². The molecule has 3 nitrogen and oxygen atoms in total. The van der Waals surface area contributed by atoms with E-state index in [9.17, 15) is 0 Å². The van der Waals surface area contributed by atoms with Crippen molar-refractivity contribution < 1.29 is 0 Å². The van der Waals surface area contributed by atoms with Crippen LogP contribution in [0.4, 0.5) is 0 Å². The van der Waals surface area contributed by atoms with Gasteiger partial charge in [0.2, 0.25) is 0 Å². The van der Waals surface area contributed by atoms with Gasteiger partial charge in [-0.05, 0) is 31.7 Å². The van der Waals surface area contributed by atoms with Gasteiger partial charge < -0.3 is 5.32 Å². The van der Waals surface area contributed by atoms with E-state index < -0.39 is 0 Å². The Balaban J connectivity index is 2.37. The van der Waals surface area contributed by atoms with Gasteiger partial charge in [0.25, 0.3) is 0 Å². The Kier molecular flexibility index (Phi) is 3.72. The average molecular weight is 270 g/mol. The summed E-state index contributed by atoms with van der Waals surface area (Å²) in [6.45, 7) is 2.06. The summed E-state index contributed by atoms with van der Waals surface area (Å²) < 4.78 is 1.70. The highest BCUT2D eigenvalue weighted by Crippen LogP contribution is 2.25. The van der Waals surface area contributed by atoms with E-state index in [4.69, 9.17) is 23.2 Å². The van der Waals surface area contributed by atoms with Crippen LogP contribution in [0.15, 0.2) is 30.6 Å². The molecule has 90 valence electrons. The van der Waals surface area contributed by atoms with Gasteiger partial charge in [-0.15, -0.1) is 0 Å². The van der Waals surface area contributed by atoms with E-state index in [1.54, 1.807) is 17.1 Å². The lowest BCUT2D eigenvalue weighted by Crippen LogP contribution is -2.12. The van der Waals surface area contributed by atoms with Crippen molar-refractivity contribution in [3.05, 3.63) is 46.2 Å². The molecule has 2 rings (SSSR count). The molecular weight excluding hydrogens is 257 g/mol. The lowest BCUT2D eigenvalue weighted by molar-refractivity contribution is 0.652. The Morgan fingerprint density at radius 3 is 2.65 bits per heavy atom. The van der Waals surface area contributed by atoms with Crippen molar-refractivity contribution in [2.24, 2.45) is 0 Å². The summed E-state index contributed by atoms with van der Waals surface area (Å²) in [5.41, 5.74) is 1.96. The normalized spacial score (nSPS) is 12.7. The standard InChI is InChI=1S/C12H13Cl2N3/c1-8(15-2)11-4-3-10(5-12(11)14)17-7-9(13)6-16-17/h3-8,15H,1-2H3.